The summed E-state index contributed by atoms with van der Waals surface area (Å²) in [7, 11) is 0. The smallest absolute Gasteiger partial charge is 0.193 e. The number of thiazole rings is 1. The fourth-order valence-electron chi connectivity index (χ4n) is 2.22. The number of fused-ring (bicyclic) bond motifs is 1. The van der Waals surface area contributed by atoms with Crippen molar-refractivity contribution in [1.29, 1.82) is 0 Å². The van der Waals surface area contributed by atoms with E-state index in [1.807, 2.05) is 31.3 Å². The first-order valence-electron chi connectivity index (χ1n) is 7.58. The number of rotatable bonds is 4. The molecule has 0 bridgehead atoms. The summed E-state index contributed by atoms with van der Waals surface area (Å²) in [5.74, 6) is 1.88. The van der Waals surface area contributed by atoms with Crippen molar-refractivity contribution in [1.82, 2.24) is 4.98 Å². The van der Waals surface area contributed by atoms with E-state index in [1.54, 1.807) is 11.3 Å². The summed E-state index contributed by atoms with van der Waals surface area (Å²) in [6, 6.07) is 5.67. The summed E-state index contributed by atoms with van der Waals surface area (Å²) < 4.78 is 11.3. The number of ether oxygens (including phenoxy) is 2. The molecule has 2 heterocycles. The molecule has 24 heavy (non-hydrogen) atoms. The van der Waals surface area contributed by atoms with Crippen molar-refractivity contribution in [3.05, 3.63) is 34.3 Å². The van der Waals surface area contributed by atoms with Gasteiger partial charge in [-0.15, -0.1) is 35.3 Å². The van der Waals surface area contributed by atoms with Crippen LogP contribution in [-0.4, -0.2) is 30.7 Å². The lowest BCUT2D eigenvalue weighted by molar-refractivity contribution is 0.297. The number of hydrogen-bond acceptors (Lipinski definition) is 5. The molecule has 8 heteroatoms. The van der Waals surface area contributed by atoms with Crippen LogP contribution in [0.5, 0.6) is 11.5 Å². The third-order valence-electron chi connectivity index (χ3n) is 3.30. The molecule has 130 valence electrons. The Labute approximate surface area is 162 Å². The van der Waals surface area contributed by atoms with Crippen molar-refractivity contribution >= 4 is 47.0 Å². The van der Waals surface area contributed by atoms with E-state index in [-0.39, 0.29) is 24.0 Å². The number of guanidine groups is 1. The molecule has 0 unspecified atom stereocenters. The van der Waals surface area contributed by atoms with Crippen molar-refractivity contribution in [2.24, 2.45) is 10.7 Å². The Kier molecular flexibility index (Phi) is 7.10. The predicted molar refractivity (Wildman–Crippen MR) is 108 cm³/mol. The molecule has 0 amide bonds. The van der Waals surface area contributed by atoms with Gasteiger partial charge in [0, 0.05) is 42.2 Å². The molecule has 1 aromatic carbocycles. The molecular weight excluding hydrogens is 439 g/mol. The fraction of sp³-hybridized carbons (Fsp3) is 0.375. The van der Waals surface area contributed by atoms with Crippen LogP contribution in [-0.2, 0) is 6.42 Å². The number of halogens is 1. The molecule has 0 spiro atoms. The van der Waals surface area contributed by atoms with Crippen LogP contribution in [0.1, 0.15) is 16.3 Å². The first-order chi connectivity index (χ1) is 11.2. The highest BCUT2D eigenvalue weighted by atomic mass is 127. The van der Waals surface area contributed by atoms with E-state index in [2.05, 4.69) is 15.3 Å². The second kappa shape index (κ2) is 9.07. The lowest BCUT2D eigenvalue weighted by Gasteiger charge is -2.10. The van der Waals surface area contributed by atoms with Crippen molar-refractivity contribution < 1.29 is 9.47 Å². The SMILES string of the molecule is Cc1cnc(CCN=C(N)Nc2ccc3c(c2)OCCCO3)s1.I. The number of nitrogens with two attached hydrogens (primary N) is 1. The second-order valence-electron chi connectivity index (χ2n) is 5.22. The number of aromatic nitrogens is 1. The standard InChI is InChI=1S/C16H20N4O2S.HI/c1-11-10-19-15(23-11)5-6-18-16(17)20-12-3-4-13-14(9-12)22-8-2-7-21-13;/h3-4,9-10H,2,5-8H2,1H3,(H3,17,18,20);1H. The molecule has 0 aliphatic carbocycles. The summed E-state index contributed by atoms with van der Waals surface area (Å²) in [4.78, 5) is 9.85. The summed E-state index contributed by atoms with van der Waals surface area (Å²) in [6.45, 7) is 3.99. The zero-order valence-corrected chi connectivity index (χ0v) is 16.6. The minimum Gasteiger partial charge on any atom is -0.490 e. The van der Waals surface area contributed by atoms with Crippen LogP contribution < -0.4 is 20.5 Å². The van der Waals surface area contributed by atoms with Crippen molar-refractivity contribution in [3.63, 3.8) is 0 Å². The molecule has 0 saturated heterocycles. The minimum absolute atomic E-state index is 0. The van der Waals surface area contributed by atoms with Gasteiger partial charge >= 0.3 is 0 Å². The number of aryl methyl sites for hydroxylation is 1. The minimum atomic E-state index is 0. The first-order valence-corrected chi connectivity index (χ1v) is 8.40. The molecular formula is C16H21IN4O2S. The molecule has 0 saturated carbocycles. The highest BCUT2D eigenvalue weighted by Crippen LogP contribution is 2.32. The third kappa shape index (κ3) is 5.23. The summed E-state index contributed by atoms with van der Waals surface area (Å²) in [5.41, 5.74) is 6.77. The molecule has 6 nitrogen and oxygen atoms in total. The normalized spacial score (nSPS) is 13.8. The van der Waals surface area contributed by atoms with E-state index < -0.39 is 0 Å². The number of hydrogen-bond donors (Lipinski definition) is 2. The van der Waals surface area contributed by atoms with E-state index in [0.717, 1.165) is 35.0 Å². The van der Waals surface area contributed by atoms with Crippen molar-refractivity contribution in [2.45, 2.75) is 19.8 Å². The number of nitrogens with zero attached hydrogens (tertiary/aromatic N) is 2. The van der Waals surface area contributed by atoms with Crippen LogP contribution in [0.25, 0.3) is 0 Å². The Bertz CT molecular complexity index is 705. The topological polar surface area (TPSA) is 81.8 Å². The molecule has 1 aliphatic rings. The number of aliphatic imine (C=N–C) groups is 1. The van der Waals surface area contributed by atoms with E-state index >= 15 is 0 Å². The van der Waals surface area contributed by atoms with E-state index in [1.165, 1.54) is 4.88 Å². The molecule has 3 rings (SSSR count). The third-order valence-corrected chi connectivity index (χ3v) is 4.27. The van der Waals surface area contributed by atoms with Gasteiger partial charge in [0.1, 0.15) is 0 Å². The van der Waals surface area contributed by atoms with Crippen LogP contribution >= 0.6 is 35.3 Å². The number of benzene rings is 1. The Morgan fingerprint density at radius 2 is 2.12 bits per heavy atom. The molecule has 0 fully saturated rings. The van der Waals surface area contributed by atoms with Gasteiger partial charge in [-0.3, -0.25) is 4.99 Å². The zero-order chi connectivity index (χ0) is 16.1. The largest absolute Gasteiger partial charge is 0.490 e. The van der Waals surface area contributed by atoms with E-state index in [4.69, 9.17) is 15.2 Å². The highest BCUT2D eigenvalue weighted by molar-refractivity contribution is 14.0. The summed E-state index contributed by atoms with van der Waals surface area (Å²) >= 11 is 1.69. The van der Waals surface area contributed by atoms with Crippen LogP contribution in [0.15, 0.2) is 29.4 Å². The molecule has 1 aliphatic heterocycles. The highest BCUT2D eigenvalue weighted by Gasteiger charge is 2.10. The van der Waals surface area contributed by atoms with Gasteiger partial charge in [-0.2, -0.15) is 0 Å². The molecule has 3 N–H and O–H groups in total. The van der Waals surface area contributed by atoms with Gasteiger partial charge in [-0.25, -0.2) is 4.98 Å². The fourth-order valence-corrected chi connectivity index (χ4v) is 2.99. The van der Waals surface area contributed by atoms with Gasteiger partial charge < -0.3 is 20.5 Å². The molecule has 0 radical (unpaired) electrons. The van der Waals surface area contributed by atoms with E-state index in [0.29, 0.717) is 25.7 Å². The van der Waals surface area contributed by atoms with Crippen LogP contribution in [0.2, 0.25) is 0 Å². The van der Waals surface area contributed by atoms with Gasteiger partial charge in [0.25, 0.3) is 0 Å². The quantitative estimate of drug-likeness (QED) is 0.416. The summed E-state index contributed by atoms with van der Waals surface area (Å²) in [6.07, 6.45) is 3.56. The van der Waals surface area contributed by atoms with Gasteiger partial charge in [-0.05, 0) is 19.1 Å². The van der Waals surface area contributed by atoms with Crippen molar-refractivity contribution in [3.8, 4) is 11.5 Å². The molecule has 0 atom stereocenters. The Morgan fingerprint density at radius 1 is 1.33 bits per heavy atom. The average Bonchev–Trinajstić information content (AvgIpc) is 2.81. The maximum Gasteiger partial charge on any atom is 0.193 e. The monoisotopic (exact) mass is 460 g/mol. The van der Waals surface area contributed by atoms with Gasteiger partial charge in [-0.1, -0.05) is 0 Å². The number of nitrogens with one attached hydrogen (secondary N) is 1. The Hall–Kier alpha value is -1.55. The van der Waals surface area contributed by atoms with Crippen LogP contribution in [0, 0.1) is 6.92 Å². The molecule has 2 aromatic rings. The van der Waals surface area contributed by atoms with Gasteiger partial charge in [0.15, 0.2) is 17.5 Å². The zero-order valence-electron chi connectivity index (χ0n) is 13.4. The summed E-state index contributed by atoms with van der Waals surface area (Å²) in [5, 5.41) is 4.16. The predicted octanol–water partition coefficient (Wildman–Crippen LogP) is 3.20. The number of anilines is 1. The van der Waals surface area contributed by atoms with Crippen LogP contribution in [0.4, 0.5) is 5.69 Å². The maximum absolute atomic E-state index is 5.93. The van der Waals surface area contributed by atoms with Gasteiger partial charge in [0.2, 0.25) is 0 Å². The average molecular weight is 460 g/mol. The first kappa shape index (κ1) is 18.8. The lowest BCUT2D eigenvalue weighted by atomic mass is 10.3. The Balaban J connectivity index is 0.00000208. The Morgan fingerprint density at radius 3 is 2.88 bits per heavy atom. The van der Waals surface area contributed by atoms with Gasteiger partial charge in [0.05, 0.1) is 18.2 Å². The lowest BCUT2D eigenvalue weighted by Crippen LogP contribution is -2.23. The van der Waals surface area contributed by atoms with Crippen LogP contribution in [0.3, 0.4) is 0 Å². The maximum atomic E-state index is 5.93. The second-order valence-corrected chi connectivity index (χ2v) is 6.54. The van der Waals surface area contributed by atoms with E-state index in [9.17, 15) is 0 Å². The van der Waals surface area contributed by atoms with Crippen molar-refractivity contribution in [2.75, 3.05) is 25.1 Å². The molecule has 1 aromatic heterocycles.